The summed E-state index contributed by atoms with van der Waals surface area (Å²) < 4.78 is 11.1. The second-order valence-electron chi connectivity index (χ2n) is 14.1. The average Bonchev–Trinajstić information content (AvgIpc) is 2.96. The molecule has 0 aliphatic carbocycles. The minimum absolute atomic E-state index is 0.105. The number of esters is 1. The van der Waals surface area contributed by atoms with Crippen molar-refractivity contribution >= 4 is 29.8 Å². The number of unbranched alkanes of at least 4 members (excludes halogenated alkanes) is 1. The fraction of sp³-hybridized carbons (Fsp3) is 0.541. The fourth-order valence-electron chi connectivity index (χ4n) is 5.14. The Kier molecular flexibility index (Phi) is 14.6. The van der Waals surface area contributed by atoms with Crippen LogP contribution in [-0.4, -0.2) is 64.5 Å². The molecule has 3 unspecified atom stereocenters. The van der Waals surface area contributed by atoms with E-state index in [0.29, 0.717) is 18.4 Å². The maximum absolute atomic E-state index is 14.6. The second kappa shape index (κ2) is 17.7. The van der Waals surface area contributed by atoms with E-state index in [0.717, 1.165) is 16.7 Å². The Morgan fingerprint density at radius 1 is 0.854 bits per heavy atom. The molecule has 4 N–H and O–H groups in total. The summed E-state index contributed by atoms with van der Waals surface area (Å²) in [6.07, 6.45) is 0.254. The van der Waals surface area contributed by atoms with Gasteiger partial charge >= 0.3 is 12.1 Å². The van der Waals surface area contributed by atoms with E-state index in [4.69, 9.17) is 15.2 Å². The highest BCUT2D eigenvalue weighted by Crippen LogP contribution is 2.28. The van der Waals surface area contributed by atoms with Crippen LogP contribution >= 0.6 is 0 Å². The Morgan fingerprint density at radius 3 is 2.02 bits per heavy atom. The van der Waals surface area contributed by atoms with E-state index in [2.05, 4.69) is 10.6 Å². The summed E-state index contributed by atoms with van der Waals surface area (Å²) in [6.45, 7) is 16.2. The van der Waals surface area contributed by atoms with Gasteiger partial charge in [-0.1, -0.05) is 67.4 Å². The highest BCUT2D eigenvalue weighted by atomic mass is 16.6. The lowest BCUT2D eigenvalue weighted by atomic mass is 9.95. The number of nitrogens with zero attached hydrogens (tertiary/aromatic N) is 1. The van der Waals surface area contributed by atoms with Gasteiger partial charge in [-0.3, -0.25) is 14.4 Å². The lowest BCUT2D eigenvalue weighted by molar-refractivity contribution is -0.159. The van der Waals surface area contributed by atoms with Gasteiger partial charge in [0.1, 0.15) is 29.3 Å². The van der Waals surface area contributed by atoms with Crippen LogP contribution in [0.3, 0.4) is 0 Å². The van der Waals surface area contributed by atoms with Crippen LogP contribution in [0.2, 0.25) is 0 Å². The molecular weight excluding hydrogens is 612 g/mol. The fourth-order valence-corrected chi connectivity index (χ4v) is 5.14. The third-order valence-electron chi connectivity index (χ3n) is 7.27. The van der Waals surface area contributed by atoms with Crippen LogP contribution < -0.4 is 16.4 Å². The number of nitrogens with one attached hydrogen (secondary N) is 2. The summed E-state index contributed by atoms with van der Waals surface area (Å²) >= 11 is 0. The van der Waals surface area contributed by atoms with Crippen molar-refractivity contribution in [3.63, 3.8) is 0 Å². The number of amides is 4. The van der Waals surface area contributed by atoms with Crippen molar-refractivity contribution in [1.29, 1.82) is 0 Å². The van der Waals surface area contributed by atoms with Gasteiger partial charge in [-0.2, -0.15) is 0 Å². The minimum Gasteiger partial charge on any atom is -0.458 e. The van der Waals surface area contributed by atoms with Gasteiger partial charge in [0, 0.05) is 19.4 Å². The highest BCUT2D eigenvalue weighted by Gasteiger charge is 2.39. The highest BCUT2D eigenvalue weighted by molar-refractivity contribution is 5.94. The molecule has 2 rings (SSSR count). The van der Waals surface area contributed by atoms with Crippen molar-refractivity contribution < 1.29 is 33.4 Å². The molecule has 4 amide bonds. The molecule has 0 aliphatic rings. The van der Waals surface area contributed by atoms with Crippen molar-refractivity contribution in [3.8, 4) is 0 Å². The number of benzene rings is 2. The number of rotatable bonds is 15. The lowest BCUT2D eigenvalue weighted by Crippen LogP contribution is -2.55. The molecule has 0 saturated heterocycles. The van der Waals surface area contributed by atoms with Crippen molar-refractivity contribution in [2.24, 2.45) is 5.73 Å². The summed E-state index contributed by atoms with van der Waals surface area (Å²) in [5, 5.41) is 5.51. The van der Waals surface area contributed by atoms with E-state index in [1.807, 2.05) is 63.2 Å². The molecule has 0 spiro atoms. The Labute approximate surface area is 285 Å². The van der Waals surface area contributed by atoms with Crippen molar-refractivity contribution in [2.75, 3.05) is 6.54 Å². The van der Waals surface area contributed by atoms with E-state index in [-0.39, 0.29) is 25.8 Å². The number of nitrogens with two attached hydrogens (primary N) is 1. The van der Waals surface area contributed by atoms with E-state index < -0.39 is 59.1 Å². The zero-order valence-corrected chi connectivity index (χ0v) is 30.0. The molecule has 0 fully saturated rings. The van der Waals surface area contributed by atoms with Crippen molar-refractivity contribution in [2.45, 2.75) is 124 Å². The molecule has 2 aromatic rings. The summed E-state index contributed by atoms with van der Waals surface area (Å²) in [5.41, 5.74) is 6.86. The van der Waals surface area contributed by atoms with Crippen LogP contribution in [0.4, 0.5) is 4.79 Å². The molecule has 264 valence electrons. The Hall–Kier alpha value is -4.41. The van der Waals surface area contributed by atoms with E-state index in [1.54, 1.807) is 47.6 Å². The summed E-state index contributed by atoms with van der Waals surface area (Å²) in [7, 11) is 0. The number of ether oxygens (including phenoxy) is 2. The smallest absolute Gasteiger partial charge is 0.408 e. The summed E-state index contributed by atoms with van der Waals surface area (Å²) in [5.74, 6) is -2.45. The molecule has 3 atom stereocenters. The standard InChI is InChI=1S/C37H54N4O7/c1-10-11-21-41(33(44)28(19-20-30(38)42)40-35(46)48-37(7,8)9)31(27-18-17-24(2)22-25(27)3)32(43)39-29(34(45)47-36(4,5)6)23-26-15-13-12-14-16-26/h12-18,22,28-29,31H,10-11,19-21,23H2,1-9H3,(H2,38,42)(H,39,43)(H,40,46). The maximum atomic E-state index is 14.6. The van der Waals surface area contributed by atoms with Crippen LogP contribution in [0.25, 0.3) is 0 Å². The van der Waals surface area contributed by atoms with E-state index >= 15 is 0 Å². The zero-order chi connectivity index (χ0) is 36.2. The molecule has 0 aliphatic heterocycles. The van der Waals surface area contributed by atoms with Crippen molar-refractivity contribution in [1.82, 2.24) is 15.5 Å². The predicted molar refractivity (Wildman–Crippen MR) is 185 cm³/mol. The third kappa shape index (κ3) is 13.4. The Bertz CT molecular complexity index is 1410. The molecule has 0 bridgehead atoms. The molecule has 0 heterocycles. The minimum atomic E-state index is -1.23. The van der Waals surface area contributed by atoms with Crippen LogP contribution in [0.1, 0.15) is 102 Å². The summed E-state index contributed by atoms with van der Waals surface area (Å²) in [4.78, 5) is 68.7. The van der Waals surface area contributed by atoms with Gasteiger partial charge in [-0.15, -0.1) is 0 Å². The molecule has 2 aromatic carbocycles. The van der Waals surface area contributed by atoms with Gasteiger partial charge in [-0.25, -0.2) is 9.59 Å². The third-order valence-corrected chi connectivity index (χ3v) is 7.27. The molecular formula is C37H54N4O7. The van der Waals surface area contributed by atoms with Crippen LogP contribution in [-0.2, 0) is 35.1 Å². The molecule has 0 radical (unpaired) electrons. The number of hydrogen-bond donors (Lipinski definition) is 3. The van der Waals surface area contributed by atoms with Gasteiger partial charge in [0.15, 0.2) is 0 Å². The number of aryl methyl sites for hydroxylation is 2. The number of primary amides is 1. The summed E-state index contributed by atoms with van der Waals surface area (Å²) in [6, 6.07) is 11.3. The quantitative estimate of drug-likeness (QED) is 0.221. The largest absolute Gasteiger partial charge is 0.458 e. The molecule has 0 aromatic heterocycles. The molecule has 0 saturated carbocycles. The first-order valence-electron chi connectivity index (χ1n) is 16.5. The normalized spacial score (nSPS) is 13.4. The average molecular weight is 667 g/mol. The van der Waals surface area contributed by atoms with Gasteiger partial charge in [0.25, 0.3) is 0 Å². The Morgan fingerprint density at radius 2 is 1.48 bits per heavy atom. The van der Waals surface area contributed by atoms with Crippen LogP contribution in [0.15, 0.2) is 48.5 Å². The number of carbonyl (C=O) groups is 5. The number of alkyl carbamates (subject to hydrolysis) is 1. The first-order chi connectivity index (χ1) is 22.3. The van der Waals surface area contributed by atoms with Gasteiger partial charge < -0.3 is 30.7 Å². The predicted octanol–water partition coefficient (Wildman–Crippen LogP) is 5.20. The van der Waals surface area contributed by atoms with Crippen LogP contribution in [0, 0.1) is 13.8 Å². The maximum Gasteiger partial charge on any atom is 0.408 e. The van der Waals surface area contributed by atoms with E-state index in [1.165, 1.54) is 4.90 Å². The number of carbonyl (C=O) groups excluding carboxylic acids is 5. The number of hydrogen-bond acceptors (Lipinski definition) is 7. The van der Waals surface area contributed by atoms with E-state index in [9.17, 15) is 24.0 Å². The first-order valence-corrected chi connectivity index (χ1v) is 16.5. The van der Waals surface area contributed by atoms with Crippen LogP contribution in [0.5, 0.6) is 0 Å². The molecule has 11 nitrogen and oxygen atoms in total. The first kappa shape index (κ1) is 39.8. The van der Waals surface area contributed by atoms with Gasteiger partial charge in [0.05, 0.1) is 0 Å². The SMILES string of the molecule is CCCCN(C(=O)C(CCC(N)=O)NC(=O)OC(C)(C)C)C(C(=O)NC(Cc1ccccc1)C(=O)OC(C)(C)C)c1ccc(C)cc1C. The molecule has 11 heteroatoms. The zero-order valence-electron chi connectivity index (χ0n) is 30.0. The van der Waals surface area contributed by atoms with Gasteiger partial charge in [-0.05, 0) is 84.9 Å². The Balaban J connectivity index is 2.67. The van der Waals surface area contributed by atoms with Crippen molar-refractivity contribution in [3.05, 3.63) is 70.8 Å². The topological polar surface area (TPSA) is 157 Å². The molecule has 48 heavy (non-hydrogen) atoms. The van der Waals surface area contributed by atoms with Gasteiger partial charge in [0.2, 0.25) is 17.7 Å². The second-order valence-corrected chi connectivity index (χ2v) is 14.1. The monoisotopic (exact) mass is 666 g/mol. The lowest BCUT2D eigenvalue weighted by Gasteiger charge is -2.36.